The minimum absolute atomic E-state index is 0.00316. The third-order valence-corrected chi connectivity index (χ3v) is 5.62. The molecule has 1 aliphatic rings. The van der Waals surface area contributed by atoms with Crippen LogP contribution in [0.25, 0.3) is 16.7 Å². The van der Waals surface area contributed by atoms with E-state index in [1.807, 2.05) is 13.8 Å². The standard InChI is InChI=1S/C19H18FN3O3S.C2H6/c1-9-4-7-13(12(20)8-9)23-16-14(15(27)10(2)17(24)21(16)3)18(25)22(19(23)26)11-5-6-11;1-2/h4,7-8,11,27H,5-6H2,1-3H3;1-2H3. The number of hydrogen-bond acceptors (Lipinski definition) is 4. The third-order valence-electron chi connectivity index (χ3n) is 5.06. The fraction of sp³-hybridized carbons (Fsp3) is 0.381. The summed E-state index contributed by atoms with van der Waals surface area (Å²) in [4.78, 5) is 39.1. The lowest BCUT2D eigenvalue weighted by atomic mass is 10.2. The predicted molar refractivity (Wildman–Crippen MR) is 115 cm³/mol. The van der Waals surface area contributed by atoms with Gasteiger partial charge in [-0.3, -0.25) is 18.7 Å². The average molecular weight is 418 g/mol. The SMILES string of the molecule is CC.Cc1ccc(-n2c(=O)n(C3CC3)c(=O)c3c(S)c(C)c(=O)n(C)c32)c(F)c1. The minimum atomic E-state index is -0.649. The van der Waals surface area contributed by atoms with Crippen LogP contribution in [0.1, 0.15) is 43.9 Å². The van der Waals surface area contributed by atoms with Crippen LogP contribution in [0.5, 0.6) is 0 Å². The molecule has 154 valence electrons. The maximum Gasteiger partial charge on any atom is 0.337 e. The highest BCUT2D eigenvalue weighted by Gasteiger charge is 2.31. The topological polar surface area (TPSA) is 66.0 Å². The number of halogens is 1. The Kier molecular flexibility index (Phi) is 5.58. The van der Waals surface area contributed by atoms with E-state index in [1.165, 1.54) is 23.7 Å². The Hall–Kier alpha value is -2.61. The summed E-state index contributed by atoms with van der Waals surface area (Å²) in [7, 11) is 1.47. The van der Waals surface area contributed by atoms with Crippen molar-refractivity contribution >= 4 is 23.7 Å². The number of hydrogen-bond donors (Lipinski definition) is 1. The van der Waals surface area contributed by atoms with Crippen LogP contribution in [0.3, 0.4) is 0 Å². The molecule has 1 fully saturated rings. The summed E-state index contributed by atoms with van der Waals surface area (Å²) in [5.74, 6) is -0.604. The molecule has 2 aromatic heterocycles. The quantitative estimate of drug-likeness (QED) is 0.651. The van der Waals surface area contributed by atoms with Crippen LogP contribution in [0, 0.1) is 19.7 Å². The molecule has 6 nitrogen and oxygen atoms in total. The Morgan fingerprint density at radius 3 is 2.24 bits per heavy atom. The van der Waals surface area contributed by atoms with Gasteiger partial charge in [0.05, 0.1) is 11.1 Å². The van der Waals surface area contributed by atoms with Gasteiger partial charge in [-0.05, 0) is 44.4 Å². The van der Waals surface area contributed by atoms with Crippen molar-refractivity contribution in [3.8, 4) is 5.69 Å². The summed E-state index contributed by atoms with van der Waals surface area (Å²) in [6, 6.07) is 4.26. The number of pyridine rings is 1. The Bertz CT molecular complexity index is 1300. The first-order chi connectivity index (χ1) is 13.7. The molecular formula is C21H24FN3O3S. The lowest BCUT2D eigenvalue weighted by molar-refractivity contribution is 0.595. The van der Waals surface area contributed by atoms with Crippen LogP contribution >= 0.6 is 12.6 Å². The number of benzene rings is 1. The third kappa shape index (κ3) is 3.25. The fourth-order valence-corrected chi connectivity index (χ4v) is 3.73. The van der Waals surface area contributed by atoms with Gasteiger partial charge < -0.3 is 0 Å². The molecule has 0 atom stereocenters. The fourth-order valence-electron chi connectivity index (χ4n) is 3.44. The number of aryl methyl sites for hydroxylation is 2. The molecule has 1 aromatic carbocycles. The maximum atomic E-state index is 14.8. The smallest absolute Gasteiger partial charge is 0.296 e. The molecule has 29 heavy (non-hydrogen) atoms. The van der Waals surface area contributed by atoms with Crippen molar-refractivity contribution in [2.75, 3.05) is 0 Å². The summed E-state index contributed by atoms with van der Waals surface area (Å²) in [6.45, 7) is 7.32. The Balaban J connectivity index is 0.00000117. The molecule has 1 aliphatic carbocycles. The van der Waals surface area contributed by atoms with Gasteiger partial charge in [-0.2, -0.15) is 0 Å². The van der Waals surface area contributed by atoms with Crippen LogP contribution in [0.15, 0.2) is 37.5 Å². The molecule has 8 heteroatoms. The van der Waals surface area contributed by atoms with Crippen molar-refractivity contribution in [1.29, 1.82) is 0 Å². The first-order valence-corrected chi connectivity index (χ1v) is 10.0. The molecule has 0 N–H and O–H groups in total. The van der Waals surface area contributed by atoms with E-state index in [-0.39, 0.29) is 27.7 Å². The Labute approximate surface area is 172 Å². The Morgan fingerprint density at radius 1 is 1.07 bits per heavy atom. The van der Waals surface area contributed by atoms with Gasteiger partial charge in [-0.25, -0.2) is 13.8 Å². The molecule has 1 saturated carbocycles. The zero-order valence-corrected chi connectivity index (χ0v) is 18.0. The van der Waals surface area contributed by atoms with E-state index in [0.717, 1.165) is 9.13 Å². The van der Waals surface area contributed by atoms with Gasteiger partial charge >= 0.3 is 5.69 Å². The van der Waals surface area contributed by atoms with Crippen LogP contribution in [0.2, 0.25) is 0 Å². The van der Waals surface area contributed by atoms with Gasteiger partial charge in [-0.15, -0.1) is 12.6 Å². The summed E-state index contributed by atoms with van der Waals surface area (Å²) in [6.07, 6.45) is 1.42. The number of fused-ring (bicyclic) bond motifs is 1. The average Bonchev–Trinajstić information content (AvgIpc) is 3.52. The molecule has 0 spiro atoms. The largest absolute Gasteiger partial charge is 0.337 e. The lowest BCUT2D eigenvalue weighted by Crippen LogP contribution is -2.42. The second-order valence-corrected chi connectivity index (χ2v) is 7.46. The summed E-state index contributed by atoms with van der Waals surface area (Å²) in [5.41, 5.74) is -0.487. The van der Waals surface area contributed by atoms with Crippen molar-refractivity contribution in [2.45, 2.75) is 51.5 Å². The summed E-state index contributed by atoms with van der Waals surface area (Å²) >= 11 is 4.39. The summed E-state index contributed by atoms with van der Waals surface area (Å²) in [5, 5.41) is 0.143. The van der Waals surface area contributed by atoms with Gasteiger partial charge in [0, 0.05) is 23.5 Å². The van der Waals surface area contributed by atoms with Crippen molar-refractivity contribution in [3.05, 3.63) is 66.3 Å². The number of rotatable bonds is 2. The number of nitrogens with zero attached hydrogens (tertiary/aromatic N) is 3. The molecule has 0 radical (unpaired) electrons. The highest BCUT2D eigenvalue weighted by atomic mass is 32.1. The molecule has 2 heterocycles. The molecule has 0 unspecified atom stereocenters. The van der Waals surface area contributed by atoms with Crippen LogP contribution in [0.4, 0.5) is 4.39 Å². The van der Waals surface area contributed by atoms with E-state index < -0.39 is 22.6 Å². The van der Waals surface area contributed by atoms with E-state index in [1.54, 1.807) is 19.9 Å². The van der Waals surface area contributed by atoms with Crippen LogP contribution in [-0.2, 0) is 7.05 Å². The normalized spacial score (nSPS) is 13.3. The van der Waals surface area contributed by atoms with Crippen molar-refractivity contribution < 1.29 is 4.39 Å². The molecule has 4 rings (SSSR count). The molecule has 0 amide bonds. The van der Waals surface area contributed by atoms with E-state index in [0.29, 0.717) is 24.0 Å². The van der Waals surface area contributed by atoms with E-state index >= 15 is 0 Å². The first-order valence-electron chi connectivity index (χ1n) is 9.60. The zero-order valence-electron chi connectivity index (χ0n) is 17.1. The monoisotopic (exact) mass is 417 g/mol. The highest BCUT2D eigenvalue weighted by molar-refractivity contribution is 7.80. The van der Waals surface area contributed by atoms with Crippen molar-refractivity contribution in [3.63, 3.8) is 0 Å². The second-order valence-electron chi connectivity index (χ2n) is 7.02. The van der Waals surface area contributed by atoms with E-state index in [4.69, 9.17) is 0 Å². The molecular weight excluding hydrogens is 393 g/mol. The molecule has 3 aromatic rings. The zero-order chi connectivity index (χ0) is 21.6. The second kappa shape index (κ2) is 7.67. The van der Waals surface area contributed by atoms with Gasteiger partial charge in [0.2, 0.25) is 0 Å². The summed E-state index contributed by atoms with van der Waals surface area (Å²) < 4.78 is 18.2. The van der Waals surface area contributed by atoms with E-state index in [9.17, 15) is 18.8 Å². The Morgan fingerprint density at radius 2 is 1.69 bits per heavy atom. The molecule has 0 saturated heterocycles. The number of thiol groups is 1. The minimum Gasteiger partial charge on any atom is -0.296 e. The first kappa shape index (κ1) is 21.1. The van der Waals surface area contributed by atoms with Gasteiger partial charge in [0.1, 0.15) is 11.5 Å². The van der Waals surface area contributed by atoms with Crippen LogP contribution < -0.4 is 16.8 Å². The van der Waals surface area contributed by atoms with E-state index in [2.05, 4.69) is 12.6 Å². The highest BCUT2D eigenvalue weighted by Crippen LogP contribution is 2.33. The lowest BCUT2D eigenvalue weighted by Gasteiger charge is -2.18. The van der Waals surface area contributed by atoms with Gasteiger partial charge in [0.25, 0.3) is 11.1 Å². The van der Waals surface area contributed by atoms with Crippen molar-refractivity contribution in [2.24, 2.45) is 7.05 Å². The van der Waals surface area contributed by atoms with Gasteiger partial charge in [-0.1, -0.05) is 19.9 Å². The van der Waals surface area contributed by atoms with Gasteiger partial charge in [0.15, 0.2) is 0 Å². The maximum absolute atomic E-state index is 14.8. The predicted octanol–water partition coefficient (Wildman–Crippen LogP) is 3.26. The molecule has 0 bridgehead atoms. The van der Waals surface area contributed by atoms with Crippen LogP contribution in [-0.4, -0.2) is 13.7 Å². The van der Waals surface area contributed by atoms with Crippen molar-refractivity contribution in [1.82, 2.24) is 13.7 Å². The number of aromatic nitrogens is 3. The molecule has 0 aliphatic heterocycles.